The third-order valence-corrected chi connectivity index (χ3v) is 9.16. The Bertz CT molecular complexity index is 1630. The maximum atomic E-state index is 13.0. The minimum atomic E-state index is -0.792. The number of H-pyrrole nitrogens is 2. The monoisotopic (exact) mass is 574 g/mol. The second-order valence-electron chi connectivity index (χ2n) is 11.6. The lowest BCUT2D eigenvalue weighted by Gasteiger charge is -2.41. The molecule has 4 aromatic rings. The SMILES string of the molecule is Cc1cc(N2CCC(N3C[C@@H]4C[C@@H]3CO4)CC2)cc2[nH]c(-c3c(NC[C@@H](O)c4cccc(Cl)c4)cc[nH]c3=O)nc12. The largest absolute Gasteiger partial charge is 0.387 e. The first kappa shape index (κ1) is 26.5. The van der Waals surface area contributed by atoms with Crippen LogP contribution >= 0.6 is 11.6 Å². The standard InChI is InChI=1S/C31H35ClN6O3/c1-18-11-22(37-9-6-21(7-10-37)38-16-24-13-23(38)17-41-24)14-26-29(18)36-30(35-26)28-25(5-8-33-31(28)40)34-15-27(39)19-3-2-4-20(32)12-19/h2-5,8,11-12,14,21,23-24,27,39H,6-7,9-10,13,15-17H2,1H3,(H,35,36)(H2,33,34,40)/t23-,24+,27-/m1/s1. The first-order chi connectivity index (χ1) is 19.9. The van der Waals surface area contributed by atoms with Crippen LogP contribution in [-0.2, 0) is 4.74 Å². The van der Waals surface area contributed by atoms with Crippen molar-refractivity contribution in [3.05, 3.63) is 75.2 Å². The summed E-state index contributed by atoms with van der Waals surface area (Å²) in [4.78, 5) is 29.2. The van der Waals surface area contributed by atoms with E-state index >= 15 is 0 Å². The molecule has 7 rings (SSSR count). The average Bonchev–Trinajstić information content (AvgIpc) is 3.72. The van der Waals surface area contributed by atoms with Gasteiger partial charge in [-0.25, -0.2) is 4.98 Å². The number of hydrogen-bond acceptors (Lipinski definition) is 7. The molecular formula is C31H35ClN6O3. The van der Waals surface area contributed by atoms with Gasteiger partial charge in [-0.3, -0.25) is 9.69 Å². The molecule has 41 heavy (non-hydrogen) atoms. The smallest absolute Gasteiger partial charge is 0.261 e. The Morgan fingerprint density at radius 2 is 2.05 bits per heavy atom. The summed E-state index contributed by atoms with van der Waals surface area (Å²) in [6.07, 6.45) is 4.75. The number of likely N-dealkylation sites (tertiary alicyclic amines) is 1. The van der Waals surface area contributed by atoms with Gasteiger partial charge in [-0.05, 0) is 67.6 Å². The number of fused-ring (bicyclic) bond motifs is 3. The van der Waals surface area contributed by atoms with Crippen molar-refractivity contribution in [3.8, 4) is 11.4 Å². The van der Waals surface area contributed by atoms with Gasteiger partial charge < -0.3 is 30.0 Å². The molecule has 3 fully saturated rings. The van der Waals surface area contributed by atoms with E-state index in [1.807, 2.05) is 6.07 Å². The van der Waals surface area contributed by atoms with Crippen LogP contribution in [0.4, 0.5) is 11.4 Å². The molecule has 0 amide bonds. The van der Waals surface area contributed by atoms with Gasteiger partial charge >= 0.3 is 0 Å². The van der Waals surface area contributed by atoms with Crippen molar-refractivity contribution in [1.82, 2.24) is 19.9 Å². The van der Waals surface area contributed by atoms with Crippen molar-refractivity contribution in [3.63, 3.8) is 0 Å². The highest BCUT2D eigenvalue weighted by Crippen LogP contribution is 2.35. The molecule has 3 aliphatic rings. The van der Waals surface area contributed by atoms with Gasteiger partial charge in [0.05, 0.1) is 35.5 Å². The van der Waals surface area contributed by atoms with Gasteiger partial charge in [-0.1, -0.05) is 23.7 Å². The number of piperidine rings is 1. The molecule has 3 saturated heterocycles. The third-order valence-electron chi connectivity index (χ3n) is 8.92. The molecule has 2 aromatic carbocycles. The van der Waals surface area contributed by atoms with E-state index in [1.54, 1.807) is 30.5 Å². The number of rotatable bonds is 7. The number of aryl methyl sites for hydroxylation is 1. The Balaban J connectivity index is 1.10. The first-order valence-corrected chi connectivity index (χ1v) is 14.8. The summed E-state index contributed by atoms with van der Waals surface area (Å²) in [7, 11) is 0. The fourth-order valence-electron chi connectivity index (χ4n) is 6.80. The highest BCUT2D eigenvalue weighted by molar-refractivity contribution is 6.30. The number of ether oxygens (including phenoxy) is 1. The number of pyridine rings is 1. The number of aliphatic hydroxyl groups excluding tert-OH is 1. The number of aliphatic hydroxyl groups is 1. The Hall–Kier alpha value is -3.37. The number of anilines is 2. The summed E-state index contributed by atoms with van der Waals surface area (Å²) in [5.41, 5.74) is 5.44. The molecule has 2 bridgehead atoms. The van der Waals surface area contributed by atoms with Crippen molar-refractivity contribution in [2.24, 2.45) is 0 Å². The topological polar surface area (TPSA) is 110 Å². The Labute approximate surface area is 243 Å². The van der Waals surface area contributed by atoms with Crippen LogP contribution in [0, 0.1) is 6.92 Å². The van der Waals surface area contributed by atoms with Crippen LogP contribution in [-0.4, -0.2) is 75.9 Å². The second kappa shape index (κ2) is 10.8. The molecule has 0 radical (unpaired) electrons. The Morgan fingerprint density at radius 1 is 1.20 bits per heavy atom. The summed E-state index contributed by atoms with van der Waals surface area (Å²) >= 11 is 6.09. The zero-order valence-electron chi connectivity index (χ0n) is 23.1. The van der Waals surface area contributed by atoms with E-state index in [-0.39, 0.29) is 12.1 Å². The maximum Gasteiger partial charge on any atom is 0.261 e. The molecule has 0 saturated carbocycles. The lowest BCUT2D eigenvalue weighted by molar-refractivity contribution is 0.00661. The van der Waals surface area contributed by atoms with Crippen LogP contribution in [0.5, 0.6) is 0 Å². The van der Waals surface area contributed by atoms with Crippen LogP contribution in [0.25, 0.3) is 22.4 Å². The minimum absolute atomic E-state index is 0.210. The zero-order valence-corrected chi connectivity index (χ0v) is 23.8. The molecule has 10 heteroatoms. The summed E-state index contributed by atoms with van der Waals surface area (Å²) in [6, 6.07) is 14.5. The number of nitrogens with zero attached hydrogens (tertiary/aromatic N) is 3. The molecule has 5 heterocycles. The summed E-state index contributed by atoms with van der Waals surface area (Å²) < 4.78 is 5.81. The fraction of sp³-hybridized carbons (Fsp3) is 0.419. The van der Waals surface area contributed by atoms with E-state index < -0.39 is 6.10 Å². The van der Waals surface area contributed by atoms with Crippen molar-refractivity contribution in [2.75, 3.05) is 43.0 Å². The van der Waals surface area contributed by atoms with Crippen molar-refractivity contribution in [2.45, 2.75) is 50.5 Å². The zero-order chi connectivity index (χ0) is 28.1. The Kier molecular flexibility index (Phi) is 6.98. The van der Waals surface area contributed by atoms with Gasteiger partial charge in [-0.15, -0.1) is 0 Å². The van der Waals surface area contributed by atoms with E-state index in [2.05, 4.69) is 44.1 Å². The Morgan fingerprint density at radius 3 is 2.80 bits per heavy atom. The normalized spacial score (nSPS) is 22.1. The maximum absolute atomic E-state index is 13.0. The summed E-state index contributed by atoms with van der Waals surface area (Å²) in [6.45, 7) is 6.31. The van der Waals surface area contributed by atoms with E-state index in [1.165, 1.54) is 12.1 Å². The molecule has 9 nitrogen and oxygen atoms in total. The molecule has 3 aliphatic heterocycles. The van der Waals surface area contributed by atoms with E-state index in [9.17, 15) is 9.90 Å². The predicted molar refractivity (Wildman–Crippen MR) is 162 cm³/mol. The molecule has 0 unspecified atom stereocenters. The molecule has 3 atom stereocenters. The van der Waals surface area contributed by atoms with Gasteiger partial charge in [0.2, 0.25) is 0 Å². The molecule has 0 spiro atoms. The van der Waals surface area contributed by atoms with Crippen LogP contribution in [0.15, 0.2) is 53.5 Å². The number of aromatic amines is 2. The second-order valence-corrected chi connectivity index (χ2v) is 12.0. The number of aromatic nitrogens is 3. The molecule has 2 aromatic heterocycles. The number of hydrogen-bond donors (Lipinski definition) is 4. The number of halogens is 1. The summed E-state index contributed by atoms with van der Waals surface area (Å²) in [5.74, 6) is 0.492. The van der Waals surface area contributed by atoms with E-state index in [4.69, 9.17) is 21.3 Å². The third kappa shape index (κ3) is 5.12. The van der Waals surface area contributed by atoms with Crippen molar-refractivity contribution in [1.29, 1.82) is 0 Å². The number of morpholine rings is 1. The van der Waals surface area contributed by atoms with Crippen LogP contribution in [0.1, 0.15) is 36.5 Å². The minimum Gasteiger partial charge on any atom is -0.387 e. The number of imidazole rings is 1. The quantitative estimate of drug-likeness (QED) is 0.258. The molecule has 214 valence electrons. The predicted octanol–water partition coefficient (Wildman–Crippen LogP) is 4.47. The lowest BCUT2D eigenvalue weighted by atomic mass is 10.0. The first-order valence-electron chi connectivity index (χ1n) is 14.4. The molecule has 0 aliphatic carbocycles. The van der Waals surface area contributed by atoms with Crippen molar-refractivity contribution < 1.29 is 9.84 Å². The van der Waals surface area contributed by atoms with Crippen LogP contribution in [0.2, 0.25) is 5.02 Å². The fourth-order valence-corrected chi connectivity index (χ4v) is 7.00. The molecular weight excluding hydrogens is 540 g/mol. The van der Waals surface area contributed by atoms with Gasteiger partial charge in [0, 0.05) is 55.2 Å². The van der Waals surface area contributed by atoms with Crippen molar-refractivity contribution >= 4 is 34.0 Å². The van der Waals surface area contributed by atoms with Gasteiger partial charge in [0.1, 0.15) is 11.4 Å². The highest BCUT2D eigenvalue weighted by Gasteiger charge is 2.42. The lowest BCUT2D eigenvalue weighted by Crippen LogP contribution is -2.49. The average molecular weight is 575 g/mol. The molecule has 4 N–H and O–H groups in total. The number of benzene rings is 2. The highest BCUT2D eigenvalue weighted by atomic mass is 35.5. The number of nitrogens with one attached hydrogen (secondary N) is 3. The summed E-state index contributed by atoms with van der Waals surface area (Å²) in [5, 5.41) is 14.5. The van der Waals surface area contributed by atoms with E-state index in [0.29, 0.717) is 45.8 Å². The van der Waals surface area contributed by atoms with E-state index in [0.717, 1.165) is 55.7 Å². The van der Waals surface area contributed by atoms with Gasteiger partial charge in [0.15, 0.2) is 0 Å². The van der Waals surface area contributed by atoms with Crippen LogP contribution in [0.3, 0.4) is 0 Å². The van der Waals surface area contributed by atoms with Gasteiger partial charge in [-0.2, -0.15) is 0 Å². The van der Waals surface area contributed by atoms with Crippen LogP contribution < -0.4 is 15.8 Å². The van der Waals surface area contributed by atoms with Gasteiger partial charge in [0.25, 0.3) is 5.56 Å².